The Labute approximate surface area is 300 Å². The molecule has 270 valence electrons. The van der Waals surface area contributed by atoms with E-state index in [2.05, 4.69) is 27.5 Å². The van der Waals surface area contributed by atoms with Crippen molar-refractivity contribution in [2.45, 2.75) is 51.8 Å². The van der Waals surface area contributed by atoms with Crippen molar-refractivity contribution in [1.82, 2.24) is 15.0 Å². The van der Waals surface area contributed by atoms with Gasteiger partial charge in [-0.15, -0.1) is 4.73 Å². The minimum Gasteiger partial charge on any atom is -0.497 e. The van der Waals surface area contributed by atoms with E-state index in [1.54, 1.807) is 31.4 Å². The average Bonchev–Trinajstić information content (AvgIpc) is 3.16. The number of carbonyl (C=O) groups is 1. The van der Waals surface area contributed by atoms with E-state index in [1.165, 1.54) is 19.4 Å². The zero-order valence-electron chi connectivity index (χ0n) is 29.0. The SMILES string of the molecule is COc1ccc(CNc2c(C(=O)NCc3ccc(F)cc3F)c(=O)n(OCc3ccccc3)c3ncc(C#CCCCCCCO)cc23)c(OC)c1. The van der Waals surface area contributed by atoms with Gasteiger partial charge in [0.2, 0.25) is 0 Å². The van der Waals surface area contributed by atoms with Crippen LogP contribution >= 0.6 is 0 Å². The van der Waals surface area contributed by atoms with Gasteiger partial charge in [-0.3, -0.25) is 9.59 Å². The van der Waals surface area contributed by atoms with Crippen molar-refractivity contribution in [2.24, 2.45) is 0 Å². The number of hydrogen-bond donors (Lipinski definition) is 3. The first kappa shape index (κ1) is 37.3. The second kappa shape index (κ2) is 18.3. The molecule has 0 unspecified atom stereocenters. The number of amides is 1. The van der Waals surface area contributed by atoms with Crippen LogP contribution in [-0.4, -0.2) is 41.6 Å². The van der Waals surface area contributed by atoms with Crippen molar-refractivity contribution in [3.63, 3.8) is 0 Å². The summed E-state index contributed by atoms with van der Waals surface area (Å²) >= 11 is 0. The van der Waals surface area contributed by atoms with Crippen LogP contribution in [0.2, 0.25) is 0 Å². The van der Waals surface area contributed by atoms with Gasteiger partial charge in [-0.25, -0.2) is 13.8 Å². The molecule has 0 spiro atoms. The summed E-state index contributed by atoms with van der Waals surface area (Å²) in [6.07, 6.45) is 5.66. The summed E-state index contributed by atoms with van der Waals surface area (Å²) < 4.78 is 40.0. The van der Waals surface area contributed by atoms with Crippen molar-refractivity contribution in [1.29, 1.82) is 0 Å². The molecule has 0 radical (unpaired) electrons. The molecule has 0 bridgehead atoms. The Morgan fingerprint density at radius 2 is 1.71 bits per heavy atom. The van der Waals surface area contributed by atoms with Gasteiger partial charge in [-0.2, -0.15) is 0 Å². The molecule has 3 aromatic carbocycles. The van der Waals surface area contributed by atoms with Crippen LogP contribution in [0.15, 0.2) is 83.8 Å². The van der Waals surface area contributed by atoms with Crippen LogP contribution in [0.1, 0.15) is 64.7 Å². The lowest BCUT2D eigenvalue weighted by Gasteiger charge is -2.19. The molecule has 2 heterocycles. The zero-order valence-corrected chi connectivity index (χ0v) is 29.0. The molecule has 5 rings (SSSR count). The van der Waals surface area contributed by atoms with E-state index in [9.17, 15) is 18.4 Å². The largest absolute Gasteiger partial charge is 0.497 e. The second-order valence-electron chi connectivity index (χ2n) is 11.8. The molecule has 0 saturated heterocycles. The first-order valence-electron chi connectivity index (χ1n) is 16.9. The Hall–Kier alpha value is -5.93. The number of rotatable bonds is 16. The summed E-state index contributed by atoms with van der Waals surface area (Å²) in [5.74, 6) is 4.97. The van der Waals surface area contributed by atoms with Gasteiger partial charge in [0.25, 0.3) is 11.5 Å². The van der Waals surface area contributed by atoms with Gasteiger partial charge < -0.3 is 30.1 Å². The number of aromatic nitrogens is 2. The molecule has 5 aromatic rings. The number of fused-ring (bicyclic) bond motifs is 1. The standard InChI is InChI=1S/C40H40F2N4O6/c1-50-32-18-16-30(35(22-32)51-2)25-43-37-33-20-28(14-8-5-3-4-6-11-19-47)23-44-38(33)46(52-26-27-12-9-7-10-13-27)40(49)36(37)39(48)45-24-29-15-17-31(41)21-34(29)42/h7,9-10,12-13,15-18,20-23,43,47H,3-6,11,19,24-26H2,1-2H3,(H,45,48). The summed E-state index contributed by atoms with van der Waals surface area (Å²) in [5, 5.41) is 15.3. The third kappa shape index (κ3) is 9.44. The maximum absolute atomic E-state index is 14.5. The molecule has 0 atom stereocenters. The van der Waals surface area contributed by atoms with E-state index in [0.29, 0.717) is 34.4 Å². The number of nitrogens with one attached hydrogen (secondary N) is 2. The lowest BCUT2D eigenvalue weighted by molar-refractivity contribution is 0.0898. The molecule has 10 nitrogen and oxygen atoms in total. The highest BCUT2D eigenvalue weighted by atomic mass is 19.1. The molecule has 0 aliphatic rings. The molecule has 1 amide bonds. The van der Waals surface area contributed by atoms with Crippen LogP contribution < -0.4 is 30.5 Å². The first-order chi connectivity index (χ1) is 25.3. The molecular weight excluding hydrogens is 670 g/mol. The van der Waals surface area contributed by atoms with Crippen LogP contribution in [0.4, 0.5) is 14.5 Å². The van der Waals surface area contributed by atoms with Gasteiger partial charge in [0.05, 0.1) is 19.9 Å². The van der Waals surface area contributed by atoms with Crippen molar-refractivity contribution >= 4 is 22.6 Å². The van der Waals surface area contributed by atoms with Gasteiger partial charge in [-0.05, 0) is 42.7 Å². The number of aliphatic hydroxyl groups is 1. The molecule has 0 fully saturated rings. The number of unbranched alkanes of at least 4 members (excludes halogenated alkanes) is 4. The third-order valence-electron chi connectivity index (χ3n) is 8.25. The third-order valence-corrected chi connectivity index (χ3v) is 8.25. The normalized spacial score (nSPS) is 10.7. The highest BCUT2D eigenvalue weighted by Crippen LogP contribution is 2.29. The lowest BCUT2D eigenvalue weighted by atomic mass is 10.1. The summed E-state index contributed by atoms with van der Waals surface area (Å²) in [7, 11) is 3.06. The van der Waals surface area contributed by atoms with E-state index in [1.807, 2.05) is 30.3 Å². The van der Waals surface area contributed by atoms with Crippen molar-refractivity contribution in [3.8, 4) is 23.3 Å². The maximum atomic E-state index is 14.5. The average molecular weight is 711 g/mol. The molecule has 0 saturated carbocycles. The molecule has 0 aliphatic carbocycles. The Bertz CT molecular complexity index is 2130. The minimum atomic E-state index is -0.840. The maximum Gasteiger partial charge on any atom is 0.300 e. The van der Waals surface area contributed by atoms with E-state index in [4.69, 9.17) is 19.4 Å². The van der Waals surface area contributed by atoms with Crippen LogP contribution in [-0.2, 0) is 19.7 Å². The number of carbonyl (C=O) groups excluding carboxylic acids is 1. The fraction of sp³-hybridized carbons (Fsp3) is 0.275. The highest BCUT2D eigenvalue weighted by molar-refractivity contribution is 6.06. The smallest absolute Gasteiger partial charge is 0.300 e. The number of methoxy groups -OCH3 is 2. The topological polar surface area (TPSA) is 124 Å². The number of pyridine rings is 2. The molecular formula is C40H40F2N4O6. The van der Waals surface area contributed by atoms with E-state index in [0.717, 1.165) is 48.1 Å². The summed E-state index contributed by atoms with van der Waals surface area (Å²) in [5.41, 5.74) is 1.22. The molecule has 52 heavy (non-hydrogen) atoms. The van der Waals surface area contributed by atoms with Gasteiger partial charge >= 0.3 is 0 Å². The number of ether oxygens (including phenoxy) is 2. The number of aliphatic hydroxyl groups excluding tert-OH is 1. The van der Waals surface area contributed by atoms with Crippen LogP contribution in [0.25, 0.3) is 11.0 Å². The summed E-state index contributed by atoms with van der Waals surface area (Å²) in [4.78, 5) is 38.9. The monoisotopic (exact) mass is 710 g/mol. The second-order valence-corrected chi connectivity index (χ2v) is 11.8. The molecule has 12 heteroatoms. The predicted octanol–water partition coefficient (Wildman–Crippen LogP) is 6.16. The number of nitrogens with zero attached hydrogens (tertiary/aromatic N) is 2. The zero-order chi connectivity index (χ0) is 36.9. The lowest BCUT2D eigenvalue weighted by Crippen LogP contribution is -2.37. The predicted molar refractivity (Wildman–Crippen MR) is 194 cm³/mol. The Morgan fingerprint density at radius 1 is 0.923 bits per heavy atom. The van der Waals surface area contributed by atoms with E-state index in [-0.39, 0.29) is 48.8 Å². The van der Waals surface area contributed by atoms with Gasteiger partial charge in [0.1, 0.15) is 35.3 Å². The minimum absolute atomic E-state index is 0.00691. The number of halogens is 2. The van der Waals surface area contributed by atoms with Crippen molar-refractivity contribution < 1.29 is 33.0 Å². The molecule has 2 aromatic heterocycles. The van der Waals surface area contributed by atoms with Crippen LogP contribution in [0.3, 0.4) is 0 Å². The summed E-state index contributed by atoms with van der Waals surface area (Å²) in [6, 6.07) is 19.2. The van der Waals surface area contributed by atoms with Gasteiger partial charge in [-0.1, -0.05) is 61.1 Å². The van der Waals surface area contributed by atoms with Gasteiger partial charge in [0.15, 0.2) is 5.65 Å². The Morgan fingerprint density at radius 3 is 2.46 bits per heavy atom. The first-order valence-corrected chi connectivity index (χ1v) is 16.9. The fourth-order valence-corrected chi connectivity index (χ4v) is 5.49. The van der Waals surface area contributed by atoms with Crippen molar-refractivity contribution in [2.75, 3.05) is 26.1 Å². The van der Waals surface area contributed by atoms with Crippen molar-refractivity contribution in [3.05, 3.63) is 129 Å². The van der Waals surface area contributed by atoms with E-state index >= 15 is 0 Å². The summed E-state index contributed by atoms with van der Waals surface area (Å²) in [6.45, 7) is -0.0410. The highest BCUT2D eigenvalue weighted by Gasteiger charge is 2.25. The van der Waals surface area contributed by atoms with Crippen LogP contribution in [0, 0.1) is 23.5 Å². The molecule has 3 N–H and O–H groups in total. The van der Waals surface area contributed by atoms with Gasteiger partial charge in [0, 0.05) is 66.5 Å². The van der Waals surface area contributed by atoms with Crippen LogP contribution in [0.5, 0.6) is 11.5 Å². The number of hydrogen-bond acceptors (Lipinski definition) is 8. The quantitative estimate of drug-likeness (QED) is 0.0823. The Kier molecular flexibility index (Phi) is 13.2. The van der Waals surface area contributed by atoms with E-state index < -0.39 is 23.1 Å². The Balaban J connectivity index is 1.60. The fourth-order valence-electron chi connectivity index (χ4n) is 5.49. The number of benzene rings is 3. The number of anilines is 1. The molecule has 0 aliphatic heterocycles.